The van der Waals surface area contributed by atoms with Crippen molar-refractivity contribution in [2.24, 2.45) is 27.6 Å². The molecule has 6 atom stereocenters. The van der Waals surface area contributed by atoms with Crippen molar-refractivity contribution in [1.29, 1.82) is 0 Å². The van der Waals surface area contributed by atoms with Crippen molar-refractivity contribution in [3.8, 4) is 11.5 Å². The standard InChI is InChI=1S/C28H36O5/c1-24-6-7-25(2,23(32)33)15-22(24)28(5)11-9-26(3)17-13-20(31)19(30)12-16(17)18(29)14-21(26)27(28,4)10-8-24/h12-14,22,30-31H,6-11,15H2,1-5H3,(H,32,33)/t22-,24-,25-,26-,27-,28+/m1/s1. The molecule has 1 aromatic carbocycles. The molecule has 0 saturated heterocycles. The summed E-state index contributed by atoms with van der Waals surface area (Å²) in [6.07, 6.45) is 7.87. The summed E-state index contributed by atoms with van der Waals surface area (Å²) < 4.78 is 0. The Kier molecular flexibility index (Phi) is 4.38. The predicted molar refractivity (Wildman–Crippen MR) is 125 cm³/mol. The third kappa shape index (κ3) is 2.65. The van der Waals surface area contributed by atoms with Crippen LogP contribution in [-0.4, -0.2) is 27.1 Å². The van der Waals surface area contributed by atoms with Crippen LogP contribution in [0.2, 0.25) is 0 Å². The molecule has 3 saturated carbocycles. The quantitative estimate of drug-likeness (QED) is 0.456. The number of rotatable bonds is 1. The molecule has 1 aromatic rings. The molecule has 5 rings (SSSR count). The van der Waals surface area contributed by atoms with Crippen molar-refractivity contribution in [2.45, 2.75) is 85.0 Å². The van der Waals surface area contributed by atoms with Gasteiger partial charge in [-0.05, 0) is 103 Å². The number of aromatic hydroxyl groups is 2. The van der Waals surface area contributed by atoms with E-state index in [1.807, 2.05) is 6.92 Å². The summed E-state index contributed by atoms with van der Waals surface area (Å²) >= 11 is 0. The van der Waals surface area contributed by atoms with Crippen molar-refractivity contribution in [2.75, 3.05) is 0 Å². The summed E-state index contributed by atoms with van der Waals surface area (Å²) in [5.74, 6) is -1.02. The van der Waals surface area contributed by atoms with E-state index in [-0.39, 0.29) is 39.4 Å². The highest BCUT2D eigenvalue weighted by Gasteiger charge is 2.67. The van der Waals surface area contributed by atoms with E-state index < -0.39 is 16.8 Å². The van der Waals surface area contributed by atoms with Crippen LogP contribution in [0.1, 0.15) is 95.5 Å². The lowest BCUT2D eigenvalue weighted by atomic mass is 9.34. The Morgan fingerprint density at radius 1 is 0.909 bits per heavy atom. The number of carbonyl (C=O) groups excluding carboxylic acids is 1. The van der Waals surface area contributed by atoms with Crippen molar-refractivity contribution in [3.63, 3.8) is 0 Å². The van der Waals surface area contributed by atoms with Crippen LogP contribution in [0.4, 0.5) is 0 Å². The third-order valence-electron chi connectivity index (χ3n) is 11.1. The Balaban J connectivity index is 1.66. The molecule has 0 bridgehead atoms. The number of allylic oxidation sites excluding steroid dienone is 2. The van der Waals surface area contributed by atoms with Crippen molar-refractivity contribution >= 4 is 11.8 Å². The largest absolute Gasteiger partial charge is 0.504 e. The Bertz CT molecular complexity index is 1120. The lowest BCUT2D eigenvalue weighted by molar-refractivity contribution is -0.177. The minimum Gasteiger partial charge on any atom is -0.504 e. The summed E-state index contributed by atoms with van der Waals surface area (Å²) in [5, 5.41) is 30.3. The van der Waals surface area contributed by atoms with Gasteiger partial charge in [-0.1, -0.05) is 27.7 Å². The van der Waals surface area contributed by atoms with E-state index in [4.69, 9.17) is 0 Å². The average molecular weight is 453 g/mol. The maximum Gasteiger partial charge on any atom is 0.309 e. The lowest BCUT2D eigenvalue weighted by Gasteiger charge is -2.69. The molecule has 0 aliphatic heterocycles. The molecular formula is C28H36O5. The highest BCUT2D eigenvalue weighted by molar-refractivity contribution is 6.09. The second-order valence-corrected chi connectivity index (χ2v) is 12.7. The van der Waals surface area contributed by atoms with Gasteiger partial charge in [0.15, 0.2) is 17.3 Å². The average Bonchev–Trinajstić information content (AvgIpc) is 2.75. The molecule has 0 spiro atoms. The molecule has 3 fully saturated rings. The van der Waals surface area contributed by atoms with E-state index in [1.54, 1.807) is 12.1 Å². The van der Waals surface area contributed by atoms with E-state index in [9.17, 15) is 24.9 Å². The minimum absolute atomic E-state index is 0.109. The molecule has 0 radical (unpaired) electrons. The molecule has 0 unspecified atom stereocenters. The Morgan fingerprint density at radius 3 is 2.21 bits per heavy atom. The number of carboxylic acid groups (broad SMARTS) is 1. The number of aliphatic carboxylic acids is 1. The van der Waals surface area contributed by atoms with Crippen LogP contribution in [0.25, 0.3) is 0 Å². The highest BCUT2D eigenvalue weighted by Crippen LogP contribution is 2.74. The number of fused-ring (bicyclic) bond motifs is 7. The topological polar surface area (TPSA) is 94.8 Å². The summed E-state index contributed by atoms with van der Waals surface area (Å²) in [4.78, 5) is 25.5. The predicted octanol–water partition coefficient (Wildman–Crippen LogP) is 5.98. The number of phenols is 2. The molecule has 0 amide bonds. The second-order valence-electron chi connectivity index (χ2n) is 12.7. The maximum absolute atomic E-state index is 13.3. The molecule has 3 N–H and O–H groups in total. The van der Waals surface area contributed by atoms with Gasteiger partial charge < -0.3 is 15.3 Å². The first-order valence-electron chi connectivity index (χ1n) is 12.3. The molecule has 33 heavy (non-hydrogen) atoms. The SMILES string of the molecule is C[C@@]1(C(=O)O)CC[C@]2(C)CC[C@]3(C)C4=CC(=O)c5cc(O)c(O)cc5[C@@]4(C)CC[C@@]3(C)[C@@H]2C1. The first kappa shape index (κ1) is 22.5. The molecule has 178 valence electrons. The minimum atomic E-state index is -0.709. The van der Waals surface area contributed by atoms with Crippen LogP contribution in [0.5, 0.6) is 11.5 Å². The number of ketones is 1. The first-order valence-corrected chi connectivity index (χ1v) is 12.3. The van der Waals surface area contributed by atoms with Crippen LogP contribution < -0.4 is 0 Å². The zero-order chi connectivity index (χ0) is 24.2. The van der Waals surface area contributed by atoms with E-state index in [0.29, 0.717) is 12.0 Å². The van der Waals surface area contributed by atoms with Crippen LogP contribution in [0.3, 0.4) is 0 Å². The fourth-order valence-electron chi connectivity index (χ4n) is 8.42. The summed E-state index contributed by atoms with van der Waals surface area (Å²) in [6, 6.07) is 2.98. The summed E-state index contributed by atoms with van der Waals surface area (Å²) in [6.45, 7) is 11.1. The van der Waals surface area contributed by atoms with Gasteiger partial charge in [-0.2, -0.15) is 0 Å². The molecule has 0 aromatic heterocycles. The third-order valence-corrected chi connectivity index (χ3v) is 11.1. The molecule has 0 heterocycles. The monoisotopic (exact) mass is 452 g/mol. The van der Waals surface area contributed by atoms with Gasteiger partial charge in [0, 0.05) is 11.0 Å². The fourth-order valence-corrected chi connectivity index (χ4v) is 8.42. The van der Waals surface area contributed by atoms with Crippen LogP contribution >= 0.6 is 0 Å². The zero-order valence-corrected chi connectivity index (χ0v) is 20.4. The summed E-state index contributed by atoms with van der Waals surface area (Å²) in [5.41, 5.74) is 1.02. The van der Waals surface area contributed by atoms with Gasteiger partial charge in [0.2, 0.25) is 0 Å². The number of hydrogen-bond donors (Lipinski definition) is 3. The van der Waals surface area contributed by atoms with Gasteiger partial charge in [0.1, 0.15) is 0 Å². The van der Waals surface area contributed by atoms with Gasteiger partial charge in [0.25, 0.3) is 0 Å². The first-order chi connectivity index (χ1) is 15.2. The van der Waals surface area contributed by atoms with E-state index in [1.165, 1.54) is 6.07 Å². The zero-order valence-electron chi connectivity index (χ0n) is 20.4. The van der Waals surface area contributed by atoms with Gasteiger partial charge in [0.05, 0.1) is 5.41 Å². The number of hydrogen-bond acceptors (Lipinski definition) is 4. The van der Waals surface area contributed by atoms with Crippen LogP contribution in [-0.2, 0) is 10.2 Å². The Morgan fingerprint density at radius 2 is 1.55 bits per heavy atom. The smallest absolute Gasteiger partial charge is 0.309 e. The van der Waals surface area contributed by atoms with E-state index >= 15 is 0 Å². The van der Waals surface area contributed by atoms with Gasteiger partial charge in [-0.3, -0.25) is 9.59 Å². The molecule has 5 nitrogen and oxygen atoms in total. The van der Waals surface area contributed by atoms with Crippen LogP contribution in [0, 0.1) is 27.6 Å². The number of phenolic OH excluding ortho intramolecular Hbond substituents is 2. The Labute approximate surface area is 195 Å². The maximum atomic E-state index is 13.3. The number of benzene rings is 1. The number of carboxylic acids is 1. The summed E-state index contributed by atoms with van der Waals surface area (Å²) in [7, 11) is 0. The molecule has 4 aliphatic rings. The van der Waals surface area contributed by atoms with Gasteiger partial charge in [-0.25, -0.2) is 0 Å². The molecule has 4 aliphatic carbocycles. The second kappa shape index (κ2) is 6.43. The van der Waals surface area contributed by atoms with Gasteiger partial charge >= 0.3 is 5.97 Å². The van der Waals surface area contributed by atoms with Crippen LogP contribution in [0.15, 0.2) is 23.8 Å². The van der Waals surface area contributed by atoms with E-state index in [2.05, 4.69) is 27.7 Å². The molecule has 5 heteroatoms. The van der Waals surface area contributed by atoms with E-state index in [0.717, 1.165) is 49.7 Å². The molecular weight excluding hydrogens is 416 g/mol. The van der Waals surface area contributed by atoms with Crippen molar-refractivity contribution in [3.05, 3.63) is 34.9 Å². The van der Waals surface area contributed by atoms with Gasteiger partial charge in [-0.15, -0.1) is 0 Å². The highest BCUT2D eigenvalue weighted by atomic mass is 16.4. The lowest BCUT2D eigenvalue weighted by Crippen LogP contribution is -2.62. The fraction of sp³-hybridized carbons (Fsp3) is 0.643. The Hall–Kier alpha value is -2.30. The number of carbonyl (C=O) groups is 2. The van der Waals surface area contributed by atoms with Crippen molar-refractivity contribution < 1.29 is 24.9 Å². The normalized spacial score (nSPS) is 44.1. The van der Waals surface area contributed by atoms with Crippen molar-refractivity contribution in [1.82, 2.24) is 0 Å².